The number of rotatable bonds is 3. The number of benzene rings is 1. The summed E-state index contributed by atoms with van der Waals surface area (Å²) >= 11 is 0. The van der Waals surface area contributed by atoms with Crippen LogP contribution in [0.5, 0.6) is 0 Å². The summed E-state index contributed by atoms with van der Waals surface area (Å²) in [6.45, 7) is 0.900. The third-order valence-corrected chi connectivity index (χ3v) is 3.70. The molecule has 4 heteroatoms. The molecule has 1 aromatic heterocycles. The summed E-state index contributed by atoms with van der Waals surface area (Å²) in [7, 11) is 0. The summed E-state index contributed by atoms with van der Waals surface area (Å²) in [4.78, 5) is 12.4. The SMILES string of the molecule is O=C([C@@H]1CCCN1)n1cccc1Cc1cccc(F)c1. The van der Waals surface area contributed by atoms with Crippen LogP contribution >= 0.6 is 0 Å². The first kappa shape index (κ1) is 13.1. The highest BCUT2D eigenvalue weighted by Gasteiger charge is 2.24. The summed E-state index contributed by atoms with van der Waals surface area (Å²) in [6, 6.07) is 10.2. The van der Waals surface area contributed by atoms with Gasteiger partial charge in [-0.05, 0) is 49.2 Å². The Hall–Kier alpha value is -1.94. The first-order chi connectivity index (χ1) is 9.74. The molecule has 0 spiro atoms. The van der Waals surface area contributed by atoms with Crippen LogP contribution in [0.2, 0.25) is 0 Å². The second-order valence-corrected chi connectivity index (χ2v) is 5.16. The van der Waals surface area contributed by atoms with Gasteiger partial charge < -0.3 is 5.32 Å². The van der Waals surface area contributed by atoms with Gasteiger partial charge in [0.15, 0.2) is 0 Å². The van der Waals surface area contributed by atoms with E-state index in [2.05, 4.69) is 5.32 Å². The molecule has 0 radical (unpaired) electrons. The van der Waals surface area contributed by atoms with Crippen molar-refractivity contribution in [3.63, 3.8) is 0 Å². The first-order valence-corrected chi connectivity index (χ1v) is 6.92. The third-order valence-electron chi connectivity index (χ3n) is 3.70. The Kier molecular flexibility index (Phi) is 3.65. The monoisotopic (exact) mass is 272 g/mol. The second-order valence-electron chi connectivity index (χ2n) is 5.16. The minimum absolute atomic E-state index is 0.0823. The molecule has 0 amide bonds. The molecule has 0 aliphatic carbocycles. The van der Waals surface area contributed by atoms with Gasteiger partial charge in [-0.1, -0.05) is 12.1 Å². The number of carbonyl (C=O) groups is 1. The minimum Gasteiger partial charge on any atom is -0.306 e. The second kappa shape index (κ2) is 5.59. The standard InChI is InChI=1S/C16H17FN2O/c17-13-5-1-4-12(10-13)11-14-6-3-9-19(14)16(20)15-7-2-8-18-15/h1,3-6,9-10,15,18H,2,7-8,11H2/t15-/m0/s1. The molecule has 2 aromatic rings. The fraction of sp³-hybridized carbons (Fsp3) is 0.312. The molecule has 0 bridgehead atoms. The van der Waals surface area contributed by atoms with Crippen molar-refractivity contribution in [2.24, 2.45) is 0 Å². The Balaban J connectivity index is 1.81. The molecule has 0 saturated carbocycles. The van der Waals surface area contributed by atoms with Gasteiger partial charge in [-0.3, -0.25) is 9.36 Å². The van der Waals surface area contributed by atoms with Crippen LogP contribution < -0.4 is 5.32 Å². The lowest BCUT2D eigenvalue weighted by Crippen LogP contribution is -2.35. The van der Waals surface area contributed by atoms with Crippen molar-refractivity contribution in [3.8, 4) is 0 Å². The fourth-order valence-corrected chi connectivity index (χ4v) is 2.69. The molecule has 1 atom stereocenters. The van der Waals surface area contributed by atoms with E-state index >= 15 is 0 Å². The van der Waals surface area contributed by atoms with E-state index in [0.717, 1.165) is 30.6 Å². The largest absolute Gasteiger partial charge is 0.306 e. The van der Waals surface area contributed by atoms with E-state index in [9.17, 15) is 9.18 Å². The number of hydrogen-bond acceptors (Lipinski definition) is 2. The van der Waals surface area contributed by atoms with E-state index in [0.29, 0.717) is 6.42 Å². The average molecular weight is 272 g/mol. The van der Waals surface area contributed by atoms with E-state index < -0.39 is 0 Å². The van der Waals surface area contributed by atoms with Crippen molar-refractivity contribution >= 4 is 5.91 Å². The van der Waals surface area contributed by atoms with E-state index in [1.54, 1.807) is 16.8 Å². The van der Waals surface area contributed by atoms with Gasteiger partial charge in [-0.25, -0.2) is 4.39 Å². The number of nitrogens with one attached hydrogen (secondary N) is 1. The maximum absolute atomic E-state index is 13.2. The lowest BCUT2D eigenvalue weighted by atomic mass is 10.1. The van der Waals surface area contributed by atoms with Gasteiger partial charge in [-0.15, -0.1) is 0 Å². The molecule has 0 unspecified atom stereocenters. The van der Waals surface area contributed by atoms with E-state index in [4.69, 9.17) is 0 Å². The summed E-state index contributed by atoms with van der Waals surface area (Å²) in [6.07, 6.45) is 4.27. The highest BCUT2D eigenvalue weighted by Crippen LogP contribution is 2.15. The Bertz CT molecular complexity index is 614. The molecule has 1 fully saturated rings. The molecule has 1 aliphatic rings. The van der Waals surface area contributed by atoms with Gasteiger partial charge in [0, 0.05) is 18.3 Å². The molecule has 1 N–H and O–H groups in total. The lowest BCUT2D eigenvalue weighted by molar-refractivity contribution is 0.0867. The van der Waals surface area contributed by atoms with Crippen molar-refractivity contribution in [2.75, 3.05) is 6.54 Å². The summed E-state index contributed by atoms with van der Waals surface area (Å²) in [5, 5.41) is 3.21. The van der Waals surface area contributed by atoms with Gasteiger partial charge in [0.25, 0.3) is 0 Å². The van der Waals surface area contributed by atoms with Crippen LogP contribution in [0.3, 0.4) is 0 Å². The van der Waals surface area contributed by atoms with Crippen LogP contribution in [0.1, 0.15) is 28.9 Å². The molecule has 3 rings (SSSR count). The molecular weight excluding hydrogens is 255 g/mol. The van der Waals surface area contributed by atoms with E-state index in [1.807, 2.05) is 18.2 Å². The highest BCUT2D eigenvalue weighted by molar-refractivity contribution is 5.85. The van der Waals surface area contributed by atoms with Crippen LogP contribution in [-0.2, 0) is 6.42 Å². The maximum atomic E-state index is 13.2. The van der Waals surface area contributed by atoms with E-state index in [1.165, 1.54) is 12.1 Å². The Morgan fingerprint density at radius 3 is 3.00 bits per heavy atom. The van der Waals surface area contributed by atoms with Gasteiger partial charge >= 0.3 is 0 Å². The molecule has 1 aliphatic heterocycles. The zero-order valence-electron chi connectivity index (χ0n) is 11.2. The van der Waals surface area contributed by atoms with Crippen LogP contribution in [0.15, 0.2) is 42.6 Å². The van der Waals surface area contributed by atoms with Gasteiger partial charge in [0.05, 0.1) is 6.04 Å². The Morgan fingerprint density at radius 2 is 2.25 bits per heavy atom. The minimum atomic E-state index is -0.246. The topological polar surface area (TPSA) is 34.0 Å². The van der Waals surface area contributed by atoms with Crippen LogP contribution in [-0.4, -0.2) is 23.1 Å². The maximum Gasteiger partial charge on any atom is 0.247 e. The van der Waals surface area contributed by atoms with Crippen LogP contribution in [0.25, 0.3) is 0 Å². The van der Waals surface area contributed by atoms with Crippen molar-refractivity contribution in [1.29, 1.82) is 0 Å². The molecule has 1 aromatic carbocycles. The van der Waals surface area contributed by atoms with Crippen LogP contribution in [0.4, 0.5) is 4.39 Å². The predicted octanol–water partition coefficient (Wildman–Crippen LogP) is 2.61. The number of carbonyl (C=O) groups excluding carboxylic acids is 1. The highest BCUT2D eigenvalue weighted by atomic mass is 19.1. The van der Waals surface area contributed by atoms with Crippen molar-refractivity contribution in [3.05, 3.63) is 59.7 Å². The summed E-state index contributed by atoms with van der Waals surface area (Å²) < 4.78 is 14.9. The Labute approximate surface area is 117 Å². The molecule has 2 heterocycles. The zero-order chi connectivity index (χ0) is 13.9. The summed E-state index contributed by atoms with van der Waals surface area (Å²) in [5.74, 6) is -0.164. The molecule has 104 valence electrons. The number of halogens is 1. The summed E-state index contributed by atoms with van der Waals surface area (Å²) in [5.41, 5.74) is 1.77. The zero-order valence-corrected chi connectivity index (χ0v) is 11.2. The molecule has 20 heavy (non-hydrogen) atoms. The van der Waals surface area contributed by atoms with Crippen molar-refractivity contribution in [1.82, 2.24) is 9.88 Å². The van der Waals surface area contributed by atoms with E-state index in [-0.39, 0.29) is 17.8 Å². The third kappa shape index (κ3) is 2.65. The number of nitrogens with zero attached hydrogens (tertiary/aromatic N) is 1. The average Bonchev–Trinajstić information content (AvgIpc) is 3.09. The van der Waals surface area contributed by atoms with Crippen molar-refractivity contribution in [2.45, 2.75) is 25.3 Å². The number of aromatic nitrogens is 1. The molecular formula is C16H17FN2O. The Morgan fingerprint density at radius 1 is 1.35 bits per heavy atom. The quantitative estimate of drug-likeness (QED) is 0.932. The van der Waals surface area contributed by atoms with Crippen LogP contribution in [0, 0.1) is 5.82 Å². The predicted molar refractivity (Wildman–Crippen MR) is 75.3 cm³/mol. The molecule has 3 nitrogen and oxygen atoms in total. The normalized spacial score (nSPS) is 18.4. The number of hydrogen-bond donors (Lipinski definition) is 1. The van der Waals surface area contributed by atoms with Crippen molar-refractivity contribution < 1.29 is 9.18 Å². The first-order valence-electron chi connectivity index (χ1n) is 6.92. The fourth-order valence-electron chi connectivity index (χ4n) is 2.69. The smallest absolute Gasteiger partial charge is 0.247 e. The van der Waals surface area contributed by atoms with Gasteiger partial charge in [0.1, 0.15) is 5.82 Å². The van der Waals surface area contributed by atoms with Gasteiger partial charge in [-0.2, -0.15) is 0 Å². The lowest BCUT2D eigenvalue weighted by Gasteiger charge is -2.13. The van der Waals surface area contributed by atoms with Gasteiger partial charge in [0.2, 0.25) is 5.91 Å². The molecule has 1 saturated heterocycles.